The molecular formula is C13H14N2O2. The molecular weight excluding hydrogens is 216 g/mol. The van der Waals surface area contributed by atoms with Crippen LogP contribution in [0.3, 0.4) is 0 Å². The highest BCUT2D eigenvalue weighted by atomic mass is 16.5. The first kappa shape index (κ1) is 10.3. The van der Waals surface area contributed by atoms with E-state index in [4.69, 9.17) is 4.74 Å². The van der Waals surface area contributed by atoms with E-state index >= 15 is 0 Å². The van der Waals surface area contributed by atoms with Crippen LogP contribution in [0.1, 0.15) is 35.8 Å². The van der Waals surface area contributed by atoms with Gasteiger partial charge in [-0.15, -0.1) is 0 Å². The average molecular weight is 230 g/mol. The largest absolute Gasteiger partial charge is 0.464 e. The van der Waals surface area contributed by atoms with Crippen LogP contribution in [0.5, 0.6) is 0 Å². The van der Waals surface area contributed by atoms with Crippen LogP contribution in [0, 0.1) is 0 Å². The Labute approximate surface area is 99.2 Å². The Bertz CT molecular complexity index is 570. The van der Waals surface area contributed by atoms with Crippen molar-refractivity contribution in [1.29, 1.82) is 0 Å². The van der Waals surface area contributed by atoms with E-state index < -0.39 is 0 Å². The highest BCUT2D eigenvalue weighted by Gasteiger charge is 2.21. The van der Waals surface area contributed by atoms with E-state index in [-0.39, 0.29) is 5.97 Å². The van der Waals surface area contributed by atoms with Crippen LogP contribution in [0.2, 0.25) is 0 Å². The molecule has 0 amide bonds. The van der Waals surface area contributed by atoms with Gasteiger partial charge in [0.1, 0.15) is 5.65 Å². The van der Waals surface area contributed by atoms with Gasteiger partial charge in [-0.3, -0.25) is 0 Å². The molecule has 0 aromatic carbocycles. The molecule has 88 valence electrons. The summed E-state index contributed by atoms with van der Waals surface area (Å²) in [5, 5.41) is 1.07. The van der Waals surface area contributed by atoms with Gasteiger partial charge in [-0.2, -0.15) is 0 Å². The molecule has 1 saturated carbocycles. The van der Waals surface area contributed by atoms with E-state index in [0.717, 1.165) is 11.0 Å². The zero-order valence-electron chi connectivity index (χ0n) is 9.72. The second-order valence-electron chi connectivity index (χ2n) is 4.41. The normalized spacial score (nSPS) is 15.8. The van der Waals surface area contributed by atoms with Crippen molar-refractivity contribution in [3.05, 3.63) is 30.1 Å². The summed E-state index contributed by atoms with van der Waals surface area (Å²) >= 11 is 0. The van der Waals surface area contributed by atoms with Crippen molar-refractivity contribution < 1.29 is 9.53 Å². The second kappa shape index (κ2) is 3.87. The molecule has 1 fully saturated rings. The molecule has 2 aromatic rings. The third-order valence-electron chi connectivity index (χ3n) is 3.43. The van der Waals surface area contributed by atoms with Crippen LogP contribution in [0.4, 0.5) is 0 Å². The summed E-state index contributed by atoms with van der Waals surface area (Å²) in [6.45, 7) is 0. The summed E-state index contributed by atoms with van der Waals surface area (Å²) in [6, 6.07) is 6.22. The fourth-order valence-electron chi connectivity index (χ4n) is 2.21. The number of ether oxygens (including phenoxy) is 1. The first-order chi connectivity index (χ1) is 8.29. The van der Waals surface area contributed by atoms with Gasteiger partial charge in [0.15, 0.2) is 5.69 Å². The molecule has 4 nitrogen and oxygen atoms in total. The van der Waals surface area contributed by atoms with Crippen molar-refractivity contribution in [2.45, 2.75) is 25.3 Å². The van der Waals surface area contributed by atoms with Crippen molar-refractivity contribution in [2.75, 3.05) is 7.11 Å². The molecule has 0 saturated heterocycles. The molecule has 4 heteroatoms. The Balaban J connectivity index is 2.09. The molecule has 0 atom stereocenters. The number of hydrogen-bond acceptors (Lipinski definition) is 3. The maximum atomic E-state index is 11.4. The number of methoxy groups -OCH3 is 1. The monoisotopic (exact) mass is 230 g/mol. The van der Waals surface area contributed by atoms with Gasteiger partial charge < -0.3 is 9.30 Å². The number of nitrogens with zero attached hydrogens (tertiary/aromatic N) is 2. The minimum Gasteiger partial charge on any atom is -0.464 e. The Morgan fingerprint density at radius 3 is 2.88 bits per heavy atom. The maximum absolute atomic E-state index is 11.4. The predicted octanol–water partition coefficient (Wildman–Crippen LogP) is 2.55. The first-order valence-corrected chi connectivity index (χ1v) is 5.85. The van der Waals surface area contributed by atoms with Gasteiger partial charge in [0.2, 0.25) is 0 Å². The summed E-state index contributed by atoms with van der Waals surface area (Å²) in [4.78, 5) is 15.8. The zero-order chi connectivity index (χ0) is 11.8. The van der Waals surface area contributed by atoms with E-state index in [0.29, 0.717) is 11.7 Å². The fraction of sp³-hybridized carbons (Fsp3) is 0.385. The minimum absolute atomic E-state index is 0.374. The Kier molecular flexibility index (Phi) is 2.35. The Hall–Kier alpha value is -1.84. The van der Waals surface area contributed by atoms with E-state index in [1.807, 2.05) is 12.1 Å². The van der Waals surface area contributed by atoms with Crippen LogP contribution in [-0.2, 0) is 4.74 Å². The van der Waals surface area contributed by atoms with Crippen LogP contribution in [0.25, 0.3) is 11.0 Å². The van der Waals surface area contributed by atoms with Crippen molar-refractivity contribution in [3.63, 3.8) is 0 Å². The number of pyridine rings is 1. The van der Waals surface area contributed by atoms with E-state index in [1.165, 1.54) is 26.4 Å². The average Bonchev–Trinajstić information content (AvgIpc) is 2.69. The van der Waals surface area contributed by atoms with Crippen molar-refractivity contribution in [3.8, 4) is 0 Å². The smallest absolute Gasteiger partial charge is 0.356 e. The highest BCUT2D eigenvalue weighted by molar-refractivity contribution is 5.90. The summed E-state index contributed by atoms with van der Waals surface area (Å²) in [5.74, 6) is -0.381. The molecule has 2 heterocycles. The Morgan fingerprint density at radius 1 is 1.41 bits per heavy atom. The molecule has 3 rings (SSSR count). The number of hydrogen-bond donors (Lipinski definition) is 0. The molecule has 17 heavy (non-hydrogen) atoms. The molecule has 1 aliphatic carbocycles. The zero-order valence-corrected chi connectivity index (χ0v) is 9.72. The lowest BCUT2D eigenvalue weighted by atomic mass is 9.93. The quantitative estimate of drug-likeness (QED) is 0.745. The van der Waals surface area contributed by atoms with E-state index in [9.17, 15) is 4.79 Å². The number of aromatic nitrogens is 2. The summed E-state index contributed by atoms with van der Waals surface area (Å²) in [7, 11) is 1.37. The molecule has 0 spiro atoms. The highest BCUT2D eigenvalue weighted by Crippen LogP contribution is 2.34. The molecule has 2 aromatic heterocycles. The number of rotatable bonds is 2. The van der Waals surface area contributed by atoms with Crippen molar-refractivity contribution in [1.82, 2.24) is 9.55 Å². The lowest BCUT2D eigenvalue weighted by molar-refractivity contribution is 0.0594. The van der Waals surface area contributed by atoms with E-state index in [2.05, 4.69) is 15.7 Å². The third-order valence-corrected chi connectivity index (χ3v) is 3.43. The number of carbonyl (C=O) groups is 1. The summed E-state index contributed by atoms with van der Waals surface area (Å²) in [5.41, 5.74) is 1.26. The Morgan fingerprint density at radius 2 is 2.24 bits per heavy atom. The number of esters is 1. The van der Waals surface area contributed by atoms with Gasteiger partial charge in [-0.05, 0) is 37.5 Å². The molecule has 0 unspecified atom stereocenters. The topological polar surface area (TPSA) is 44.1 Å². The molecule has 0 radical (unpaired) electrons. The van der Waals surface area contributed by atoms with Gasteiger partial charge in [-0.25, -0.2) is 9.78 Å². The van der Waals surface area contributed by atoms with Crippen LogP contribution in [0.15, 0.2) is 24.4 Å². The SMILES string of the molecule is COC(=O)c1ccc2ccn(C3CCC3)c2n1. The lowest BCUT2D eigenvalue weighted by Crippen LogP contribution is -2.16. The van der Waals surface area contributed by atoms with Crippen molar-refractivity contribution >= 4 is 17.0 Å². The summed E-state index contributed by atoms with van der Waals surface area (Å²) < 4.78 is 6.86. The minimum atomic E-state index is -0.381. The summed E-state index contributed by atoms with van der Waals surface area (Å²) in [6.07, 6.45) is 5.74. The molecule has 0 aliphatic heterocycles. The van der Waals surface area contributed by atoms with Crippen LogP contribution in [-0.4, -0.2) is 22.6 Å². The van der Waals surface area contributed by atoms with Gasteiger partial charge in [-0.1, -0.05) is 0 Å². The van der Waals surface area contributed by atoms with Crippen molar-refractivity contribution in [2.24, 2.45) is 0 Å². The van der Waals surface area contributed by atoms with Gasteiger partial charge in [0.05, 0.1) is 7.11 Å². The number of fused-ring (bicyclic) bond motifs is 1. The standard InChI is InChI=1S/C13H14N2O2/c1-17-13(16)11-6-5-9-7-8-15(12(9)14-11)10-3-2-4-10/h5-8,10H,2-4H2,1H3. The third kappa shape index (κ3) is 1.60. The fourth-order valence-corrected chi connectivity index (χ4v) is 2.21. The predicted molar refractivity (Wildman–Crippen MR) is 64.0 cm³/mol. The van der Waals surface area contributed by atoms with Gasteiger partial charge in [0.25, 0.3) is 0 Å². The first-order valence-electron chi connectivity index (χ1n) is 5.85. The van der Waals surface area contributed by atoms with Gasteiger partial charge >= 0.3 is 5.97 Å². The lowest BCUT2D eigenvalue weighted by Gasteiger charge is -2.27. The molecule has 0 N–H and O–H groups in total. The van der Waals surface area contributed by atoms with Gasteiger partial charge in [0, 0.05) is 17.6 Å². The number of carbonyl (C=O) groups excluding carboxylic acids is 1. The second-order valence-corrected chi connectivity index (χ2v) is 4.41. The molecule has 0 bridgehead atoms. The van der Waals surface area contributed by atoms with Crippen LogP contribution < -0.4 is 0 Å². The van der Waals surface area contributed by atoms with E-state index in [1.54, 1.807) is 6.07 Å². The maximum Gasteiger partial charge on any atom is 0.356 e. The van der Waals surface area contributed by atoms with Crippen LogP contribution >= 0.6 is 0 Å². The molecule has 1 aliphatic rings.